The van der Waals surface area contributed by atoms with Gasteiger partial charge in [-0.1, -0.05) is 188 Å². The first-order chi connectivity index (χ1) is 31.3. The quantitative estimate of drug-likeness (QED) is 0.156. The van der Waals surface area contributed by atoms with Gasteiger partial charge in [-0.2, -0.15) is 0 Å². The molecule has 0 unspecified atom stereocenters. The van der Waals surface area contributed by atoms with E-state index in [0.717, 1.165) is 17.1 Å². The van der Waals surface area contributed by atoms with Crippen molar-refractivity contribution in [2.24, 2.45) is 0 Å². The number of hydrogen-bond donors (Lipinski definition) is 0. The maximum absolute atomic E-state index is 2.56. The minimum atomic E-state index is -0.477. The van der Waals surface area contributed by atoms with Gasteiger partial charge < -0.3 is 9.47 Å². The van der Waals surface area contributed by atoms with Crippen molar-refractivity contribution < 1.29 is 0 Å². The van der Waals surface area contributed by atoms with Crippen LogP contribution < -0.4 is 4.90 Å². The smallest absolute Gasteiger partial charge is 0.0714 e. The molecule has 0 saturated carbocycles. The lowest BCUT2D eigenvalue weighted by Gasteiger charge is -2.34. The fraction of sp³-hybridized carbons (Fsp3) is 0.0164. The average Bonchev–Trinajstić information content (AvgIpc) is 3.81. The molecule has 1 aliphatic heterocycles. The first kappa shape index (κ1) is 35.5. The predicted octanol–water partition coefficient (Wildman–Crippen LogP) is 15.9. The molecule has 2 heterocycles. The van der Waals surface area contributed by atoms with Crippen molar-refractivity contribution in [3.63, 3.8) is 0 Å². The summed E-state index contributed by atoms with van der Waals surface area (Å²) in [6.45, 7) is 0. The van der Waals surface area contributed by atoms with Crippen LogP contribution in [-0.4, -0.2) is 4.57 Å². The van der Waals surface area contributed by atoms with E-state index in [-0.39, 0.29) is 0 Å². The molecule has 0 bridgehead atoms. The zero-order chi connectivity index (χ0) is 41.5. The van der Waals surface area contributed by atoms with Gasteiger partial charge in [0.2, 0.25) is 0 Å². The second-order valence-electron chi connectivity index (χ2n) is 16.8. The van der Waals surface area contributed by atoms with Crippen LogP contribution in [0.5, 0.6) is 0 Å². The molecule has 0 radical (unpaired) electrons. The average molecular weight is 801 g/mol. The monoisotopic (exact) mass is 800 g/mol. The molecule has 0 N–H and O–H groups in total. The summed E-state index contributed by atoms with van der Waals surface area (Å²) in [7, 11) is 0. The standard InChI is InChI=1S/C61H40N2/c1-5-16-41(17-6-1)42-28-33-48(34-29-42)62(47-22-11-4-12-23-47)49-35-30-43(31-36-49)44-32-39-57-53(40-44)52-37-38-55-59-58-51(50-24-13-14-27-56(50)63(57)60(52)59)25-15-26-54(58)61(55,45-18-7-2-8-19-45)46-20-9-3-10-21-46/h1-40H. The van der Waals surface area contributed by atoms with Gasteiger partial charge in [-0.05, 0) is 110 Å². The van der Waals surface area contributed by atoms with Crippen molar-refractivity contribution >= 4 is 38.9 Å². The number of anilines is 3. The van der Waals surface area contributed by atoms with Gasteiger partial charge in [0.05, 0.1) is 22.1 Å². The van der Waals surface area contributed by atoms with E-state index in [0.29, 0.717) is 0 Å². The highest BCUT2D eigenvalue weighted by molar-refractivity contribution is 6.19. The molecule has 10 aromatic carbocycles. The molecular weight excluding hydrogens is 761 g/mol. The van der Waals surface area contributed by atoms with Crippen LogP contribution in [0.2, 0.25) is 0 Å². The molecular formula is C61H40N2. The molecule has 0 fully saturated rings. The lowest BCUT2D eigenvalue weighted by Crippen LogP contribution is -2.28. The summed E-state index contributed by atoms with van der Waals surface area (Å²) >= 11 is 0. The van der Waals surface area contributed by atoms with Gasteiger partial charge in [0.25, 0.3) is 0 Å². The highest BCUT2D eigenvalue weighted by atomic mass is 15.1. The van der Waals surface area contributed by atoms with Crippen molar-refractivity contribution in [3.05, 3.63) is 265 Å². The van der Waals surface area contributed by atoms with Gasteiger partial charge in [-0.3, -0.25) is 0 Å². The number of benzene rings is 10. The highest BCUT2D eigenvalue weighted by Crippen LogP contribution is 2.62. The molecule has 2 aliphatic rings. The van der Waals surface area contributed by atoms with E-state index >= 15 is 0 Å². The predicted molar refractivity (Wildman–Crippen MR) is 263 cm³/mol. The van der Waals surface area contributed by atoms with E-state index in [1.807, 2.05) is 0 Å². The van der Waals surface area contributed by atoms with Crippen molar-refractivity contribution in [1.82, 2.24) is 4.57 Å². The second-order valence-corrected chi connectivity index (χ2v) is 16.8. The number of nitrogens with zero attached hydrogens (tertiary/aromatic N) is 2. The topological polar surface area (TPSA) is 8.17 Å². The lowest BCUT2D eigenvalue weighted by molar-refractivity contribution is 0.769. The summed E-state index contributed by atoms with van der Waals surface area (Å²) in [5.74, 6) is 0. The number of hydrogen-bond acceptors (Lipinski definition) is 1. The van der Waals surface area contributed by atoms with Crippen LogP contribution in [0, 0.1) is 0 Å². The second kappa shape index (κ2) is 13.9. The SMILES string of the molecule is c1ccc(-c2ccc(N(c3ccccc3)c3ccc(-c4ccc5c(c4)c4ccc6c7c4n5-c4ccccc4-c4cccc(c4-7)C6(c4ccccc4)c4ccccc4)cc3)cc2)cc1. The molecule has 2 heteroatoms. The fourth-order valence-corrected chi connectivity index (χ4v) is 10.9. The Morgan fingerprint density at radius 2 is 0.841 bits per heavy atom. The molecule has 1 aromatic heterocycles. The zero-order valence-electron chi connectivity index (χ0n) is 34.5. The molecule has 13 rings (SSSR count). The maximum Gasteiger partial charge on any atom is 0.0714 e. The van der Waals surface area contributed by atoms with E-state index in [1.165, 1.54) is 94.3 Å². The van der Waals surface area contributed by atoms with Crippen LogP contribution in [0.15, 0.2) is 243 Å². The summed E-state index contributed by atoms with van der Waals surface area (Å²) in [5, 5.41) is 2.53. The molecule has 11 aromatic rings. The molecule has 1 aliphatic carbocycles. The lowest BCUT2D eigenvalue weighted by atomic mass is 9.67. The third-order valence-electron chi connectivity index (χ3n) is 13.6. The van der Waals surface area contributed by atoms with Gasteiger partial charge in [0, 0.05) is 39.0 Å². The summed E-state index contributed by atoms with van der Waals surface area (Å²) < 4.78 is 2.56. The van der Waals surface area contributed by atoms with Crippen LogP contribution >= 0.6 is 0 Å². The molecule has 0 saturated heterocycles. The van der Waals surface area contributed by atoms with Crippen molar-refractivity contribution in [3.8, 4) is 50.2 Å². The van der Waals surface area contributed by atoms with E-state index < -0.39 is 5.41 Å². The summed E-state index contributed by atoms with van der Waals surface area (Å²) in [6.07, 6.45) is 0. The molecule has 0 spiro atoms. The third-order valence-corrected chi connectivity index (χ3v) is 13.6. The Labute approximate surface area is 367 Å². The summed E-state index contributed by atoms with van der Waals surface area (Å²) in [5.41, 5.74) is 21.8. The normalized spacial score (nSPS) is 12.9. The Bertz CT molecular complexity index is 3480. The fourth-order valence-electron chi connectivity index (χ4n) is 10.9. The highest BCUT2D eigenvalue weighted by Gasteiger charge is 2.49. The Balaban J connectivity index is 0.988. The maximum atomic E-state index is 2.56. The minimum Gasteiger partial charge on any atom is -0.311 e. The number of fused-ring (bicyclic) bond motifs is 6. The molecule has 63 heavy (non-hydrogen) atoms. The number of para-hydroxylation sites is 2. The summed E-state index contributed by atoms with van der Waals surface area (Å²) in [4.78, 5) is 2.34. The minimum absolute atomic E-state index is 0.477. The van der Waals surface area contributed by atoms with Crippen molar-refractivity contribution in [2.45, 2.75) is 5.41 Å². The first-order valence-corrected chi connectivity index (χ1v) is 21.8. The molecule has 0 atom stereocenters. The molecule has 0 amide bonds. The van der Waals surface area contributed by atoms with E-state index in [2.05, 4.69) is 252 Å². The van der Waals surface area contributed by atoms with Crippen LogP contribution in [-0.2, 0) is 5.41 Å². The van der Waals surface area contributed by atoms with E-state index in [1.54, 1.807) is 0 Å². The third kappa shape index (κ3) is 5.19. The van der Waals surface area contributed by atoms with Gasteiger partial charge in [-0.15, -0.1) is 0 Å². The molecule has 294 valence electrons. The Morgan fingerprint density at radius 1 is 0.333 bits per heavy atom. The van der Waals surface area contributed by atoms with Gasteiger partial charge in [0.1, 0.15) is 0 Å². The number of rotatable bonds is 7. The Kier molecular flexibility index (Phi) is 7.85. The van der Waals surface area contributed by atoms with Gasteiger partial charge in [-0.25, -0.2) is 0 Å². The van der Waals surface area contributed by atoms with Gasteiger partial charge >= 0.3 is 0 Å². The largest absolute Gasteiger partial charge is 0.311 e. The Morgan fingerprint density at radius 3 is 1.51 bits per heavy atom. The Hall–Kier alpha value is -8.20. The van der Waals surface area contributed by atoms with E-state index in [4.69, 9.17) is 0 Å². The number of aromatic nitrogens is 1. The summed E-state index contributed by atoms with van der Waals surface area (Å²) in [6, 6.07) is 89.3. The van der Waals surface area contributed by atoms with E-state index in [9.17, 15) is 0 Å². The first-order valence-electron chi connectivity index (χ1n) is 21.8. The molecule has 2 nitrogen and oxygen atoms in total. The van der Waals surface area contributed by atoms with Crippen molar-refractivity contribution in [1.29, 1.82) is 0 Å². The van der Waals surface area contributed by atoms with Crippen LogP contribution in [0.25, 0.3) is 72.0 Å². The van der Waals surface area contributed by atoms with Gasteiger partial charge in [0.15, 0.2) is 0 Å². The zero-order valence-corrected chi connectivity index (χ0v) is 34.5. The van der Waals surface area contributed by atoms with Crippen LogP contribution in [0.1, 0.15) is 22.3 Å². The van der Waals surface area contributed by atoms with Crippen molar-refractivity contribution in [2.75, 3.05) is 4.90 Å². The van der Waals surface area contributed by atoms with Crippen LogP contribution in [0.3, 0.4) is 0 Å². The van der Waals surface area contributed by atoms with Crippen LogP contribution in [0.4, 0.5) is 17.1 Å².